The number of halogens is 1. The highest BCUT2D eigenvalue weighted by Gasteiger charge is 2.16. The molecule has 0 aliphatic heterocycles. The highest BCUT2D eigenvalue weighted by Crippen LogP contribution is 2.19. The topological polar surface area (TPSA) is 56.5 Å². The van der Waals surface area contributed by atoms with Gasteiger partial charge in [0.2, 0.25) is 0 Å². The van der Waals surface area contributed by atoms with E-state index in [4.69, 9.17) is 10.00 Å². The van der Waals surface area contributed by atoms with Gasteiger partial charge in [0.15, 0.2) is 0 Å². The smallest absolute Gasteiger partial charge is 0.123 e. The zero-order valence-electron chi connectivity index (χ0n) is 13.8. The maximum Gasteiger partial charge on any atom is 0.123 e. The number of nitrogens with zero attached hydrogens (tertiary/aromatic N) is 2. The van der Waals surface area contributed by atoms with E-state index >= 15 is 0 Å². The Labute approximate surface area is 141 Å². The minimum Gasteiger partial charge on any atom is -0.491 e. The summed E-state index contributed by atoms with van der Waals surface area (Å²) in [6.07, 6.45) is -0.659. The van der Waals surface area contributed by atoms with Crippen LogP contribution in [0.2, 0.25) is 0 Å². The Hall–Kier alpha value is -2.42. The molecule has 0 radical (unpaired) electrons. The average Bonchev–Trinajstić information content (AvgIpc) is 2.60. The normalized spacial score (nSPS) is 13.3. The van der Waals surface area contributed by atoms with Gasteiger partial charge in [0.25, 0.3) is 0 Å². The second kappa shape index (κ2) is 8.44. The zero-order valence-corrected chi connectivity index (χ0v) is 13.8. The minimum atomic E-state index is -0.659. The molecule has 0 aromatic heterocycles. The molecule has 4 nitrogen and oxygen atoms in total. The van der Waals surface area contributed by atoms with Gasteiger partial charge in [-0.25, -0.2) is 4.39 Å². The van der Waals surface area contributed by atoms with Crippen molar-refractivity contribution >= 4 is 0 Å². The first kappa shape index (κ1) is 17.9. The van der Waals surface area contributed by atoms with E-state index in [0.717, 1.165) is 5.56 Å². The number of ether oxygens (including phenoxy) is 1. The molecule has 0 saturated carbocycles. The average molecular weight is 328 g/mol. The Morgan fingerprint density at radius 2 is 1.79 bits per heavy atom. The monoisotopic (exact) mass is 328 g/mol. The van der Waals surface area contributed by atoms with E-state index in [1.54, 1.807) is 36.4 Å². The second-order valence-electron chi connectivity index (χ2n) is 5.77. The standard InChI is InChI=1S/C19H21FN2O2/c1-14(16-5-7-17(20)8-6-16)22(2)12-18(23)13-24-19-9-3-15(11-21)4-10-19/h3-10,14,18,23H,12-13H2,1-2H3/t14-,18+/m1/s1. The summed E-state index contributed by atoms with van der Waals surface area (Å²) in [5.41, 5.74) is 1.55. The Morgan fingerprint density at radius 1 is 1.17 bits per heavy atom. The van der Waals surface area contributed by atoms with E-state index < -0.39 is 6.10 Å². The summed E-state index contributed by atoms with van der Waals surface area (Å²) in [6.45, 7) is 2.59. The van der Waals surface area contributed by atoms with Crippen molar-refractivity contribution in [3.8, 4) is 11.8 Å². The summed E-state index contributed by atoms with van der Waals surface area (Å²) in [5, 5.41) is 18.9. The molecule has 0 amide bonds. The molecule has 0 fully saturated rings. The fourth-order valence-electron chi connectivity index (χ4n) is 2.36. The maximum atomic E-state index is 13.0. The molecule has 0 aliphatic carbocycles. The molecule has 24 heavy (non-hydrogen) atoms. The van der Waals surface area contributed by atoms with E-state index in [0.29, 0.717) is 17.9 Å². The number of hydrogen-bond acceptors (Lipinski definition) is 4. The summed E-state index contributed by atoms with van der Waals surface area (Å²) in [5.74, 6) is 0.353. The molecule has 0 unspecified atom stereocenters. The summed E-state index contributed by atoms with van der Waals surface area (Å²) in [4.78, 5) is 1.99. The van der Waals surface area contributed by atoms with Crippen molar-refractivity contribution in [3.05, 3.63) is 65.5 Å². The lowest BCUT2D eigenvalue weighted by Crippen LogP contribution is -2.34. The molecule has 126 valence electrons. The third kappa shape index (κ3) is 5.05. The fourth-order valence-corrected chi connectivity index (χ4v) is 2.36. The molecule has 2 aromatic carbocycles. The molecule has 1 N–H and O–H groups in total. The van der Waals surface area contributed by atoms with Gasteiger partial charge in [0, 0.05) is 12.6 Å². The van der Waals surface area contributed by atoms with Crippen LogP contribution < -0.4 is 4.74 Å². The van der Waals surface area contributed by atoms with Crippen molar-refractivity contribution in [3.63, 3.8) is 0 Å². The van der Waals surface area contributed by atoms with Crippen molar-refractivity contribution in [1.82, 2.24) is 4.90 Å². The molecule has 0 saturated heterocycles. The first-order valence-electron chi connectivity index (χ1n) is 7.76. The zero-order chi connectivity index (χ0) is 17.5. The van der Waals surface area contributed by atoms with Gasteiger partial charge in [0.05, 0.1) is 11.6 Å². The highest BCUT2D eigenvalue weighted by molar-refractivity contribution is 5.34. The molecule has 0 spiro atoms. The van der Waals surface area contributed by atoms with Crippen LogP contribution >= 0.6 is 0 Å². The second-order valence-corrected chi connectivity index (χ2v) is 5.77. The first-order chi connectivity index (χ1) is 11.5. The molecular weight excluding hydrogens is 307 g/mol. The predicted molar refractivity (Wildman–Crippen MR) is 90.1 cm³/mol. The SMILES string of the molecule is C[C@H](c1ccc(F)cc1)N(C)C[C@H](O)COc1ccc(C#N)cc1. The van der Waals surface area contributed by atoms with Gasteiger partial charge in [-0.2, -0.15) is 5.26 Å². The molecule has 2 rings (SSSR count). The van der Waals surface area contributed by atoms with Crippen LogP contribution in [-0.4, -0.2) is 36.3 Å². The number of likely N-dealkylation sites (N-methyl/N-ethyl adjacent to an activating group) is 1. The third-order valence-electron chi connectivity index (χ3n) is 3.94. The van der Waals surface area contributed by atoms with Gasteiger partial charge in [-0.1, -0.05) is 12.1 Å². The van der Waals surface area contributed by atoms with Gasteiger partial charge in [-0.3, -0.25) is 4.90 Å². The Morgan fingerprint density at radius 3 is 2.38 bits per heavy atom. The highest BCUT2D eigenvalue weighted by atomic mass is 19.1. The number of nitriles is 1. The van der Waals surface area contributed by atoms with Crippen LogP contribution in [0.3, 0.4) is 0 Å². The first-order valence-corrected chi connectivity index (χ1v) is 7.76. The number of benzene rings is 2. The van der Waals surface area contributed by atoms with Crippen LogP contribution in [0.4, 0.5) is 4.39 Å². The number of rotatable bonds is 7. The van der Waals surface area contributed by atoms with E-state index in [-0.39, 0.29) is 18.5 Å². The molecule has 0 aliphatic rings. The summed E-state index contributed by atoms with van der Waals surface area (Å²) in [6, 6.07) is 15.2. The van der Waals surface area contributed by atoms with E-state index in [2.05, 4.69) is 0 Å². The Kier molecular flexibility index (Phi) is 6.30. The molecular formula is C19H21FN2O2. The van der Waals surface area contributed by atoms with Crippen LogP contribution in [0.5, 0.6) is 5.75 Å². The minimum absolute atomic E-state index is 0.0511. The van der Waals surface area contributed by atoms with Crippen molar-refractivity contribution in [2.45, 2.75) is 19.1 Å². The quantitative estimate of drug-likeness (QED) is 0.848. The van der Waals surface area contributed by atoms with E-state index in [9.17, 15) is 9.50 Å². The predicted octanol–water partition coefficient (Wildman–Crippen LogP) is 3.13. The Balaban J connectivity index is 1.83. The van der Waals surface area contributed by atoms with Crippen LogP contribution in [0.15, 0.2) is 48.5 Å². The van der Waals surface area contributed by atoms with Gasteiger partial charge in [-0.05, 0) is 55.9 Å². The van der Waals surface area contributed by atoms with E-state index in [1.165, 1.54) is 12.1 Å². The van der Waals surface area contributed by atoms with Gasteiger partial charge < -0.3 is 9.84 Å². The molecule has 5 heteroatoms. The van der Waals surface area contributed by atoms with Crippen LogP contribution in [0, 0.1) is 17.1 Å². The van der Waals surface area contributed by atoms with Crippen LogP contribution in [-0.2, 0) is 0 Å². The largest absolute Gasteiger partial charge is 0.491 e. The summed E-state index contributed by atoms with van der Waals surface area (Å²) < 4.78 is 18.5. The third-order valence-corrected chi connectivity index (χ3v) is 3.94. The lowest BCUT2D eigenvalue weighted by Gasteiger charge is -2.27. The number of aliphatic hydroxyl groups is 1. The van der Waals surface area contributed by atoms with Gasteiger partial charge in [0.1, 0.15) is 24.3 Å². The fraction of sp³-hybridized carbons (Fsp3) is 0.316. The molecule has 2 aromatic rings. The Bertz CT molecular complexity index is 680. The van der Waals surface area contributed by atoms with E-state index in [1.807, 2.05) is 24.9 Å². The van der Waals surface area contributed by atoms with Gasteiger partial charge in [-0.15, -0.1) is 0 Å². The summed E-state index contributed by atoms with van der Waals surface area (Å²) in [7, 11) is 1.90. The van der Waals surface area contributed by atoms with Crippen molar-refractivity contribution < 1.29 is 14.2 Å². The number of hydrogen-bond donors (Lipinski definition) is 1. The lowest BCUT2D eigenvalue weighted by molar-refractivity contribution is 0.0654. The number of aliphatic hydroxyl groups excluding tert-OH is 1. The van der Waals surface area contributed by atoms with Crippen LogP contribution in [0.25, 0.3) is 0 Å². The van der Waals surface area contributed by atoms with Gasteiger partial charge >= 0.3 is 0 Å². The van der Waals surface area contributed by atoms with Crippen molar-refractivity contribution in [2.75, 3.05) is 20.2 Å². The molecule has 0 heterocycles. The molecule has 0 bridgehead atoms. The lowest BCUT2D eigenvalue weighted by atomic mass is 10.1. The van der Waals surface area contributed by atoms with Crippen LogP contribution in [0.1, 0.15) is 24.1 Å². The maximum absolute atomic E-state index is 13.0. The molecule has 2 atom stereocenters. The summed E-state index contributed by atoms with van der Waals surface area (Å²) >= 11 is 0. The van der Waals surface area contributed by atoms with Crippen molar-refractivity contribution in [1.29, 1.82) is 5.26 Å². The van der Waals surface area contributed by atoms with Crippen molar-refractivity contribution in [2.24, 2.45) is 0 Å².